The van der Waals surface area contributed by atoms with Crippen LogP contribution >= 0.6 is 0 Å². The van der Waals surface area contributed by atoms with Gasteiger partial charge >= 0.3 is 12.1 Å². The summed E-state index contributed by atoms with van der Waals surface area (Å²) in [6, 6.07) is 2.12. The molecule has 8 nitrogen and oxygen atoms in total. The zero-order chi connectivity index (χ0) is 23.5. The van der Waals surface area contributed by atoms with Gasteiger partial charge in [-0.1, -0.05) is 0 Å². The van der Waals surface area contributed by atoms with Crippen LogP contribution in [0.2, 0.25) is 0 Å². The van der Waals surface area contributed by atoms with Gasteiger partial charge in [0.1, 0.15) is 11.5 Å². The van der Waals surface area contributed by atoms with Crippen LogP contribution in [0.25, 0.3) is 0 Å². The van der Waals surface area contributed by atoms with Crippen LogP contribution in [0, 0.1) is 31.6 Å². The summed E-state index contributed by atoms with van der Waals surface area (Å²) >= 11 is 0. The van der Waals surface area contributed by atoms with Crippen molar-refractivity contribution in [3.8, 4) is 0 Å². The maximum Gasteiger partial charge on any atom is 0.490 e. The molecule has 4 rings (SSSR count). The lowest BCUT2D eigenvalue weighted by molar-refractivity contribution is -0.207. The molecule has 4 heterocycles. The molecule has 3 aliphatic heterocycles. The van der Waals surface area contributed by atoms with E-state index in [0.717, 1.165) is 50.6 Å². The van der Waals surface area contributed by atoms with Crippen molar-refractivity contribution in [3.05, 3.63) is 23.2 Å². The summed E-state index contributed by atoms with van der Waals surface area (Å²) in [6.07, 6.45) is -3.02. The highest BCUT2D eigenvalue weighted by Gasteiger charge is 2.45. The molecule has 0 spiro atoms. The molecule has 0 aliphatic carbocycles. The monoisotopic (exact) mass is 462 g/mol. The van der Waals surface area contributed by atoms with Crippen molar-refractivity contribution in [1.29, 1.82) is 0 Å². The number of carboxylic acids is 1. The Bertz CT molecular complexity index is 786. The predicted molar refractivity (Wildman–Crippen MR) is 105 cm³/mol. The van der Waals surface area contributed by atoms with Gasteiger partial charge in [0, 0.05) is 19.6 Å². The van der Waals surface area contributed by atoms with Crippen molar-refractivity contribution in [3.63, 3.8) is 0 Å². The first-order valence-electron chi connectivity index (χ1n) is 10.7. The number of hydrogen-bond donors (Lipinski definition) is 1. The van der Waals surface area contributed by atoms with Crippen LogP contribution in [-0.2, 0) is 25.7 Å². The number of rotatable bonds is 3. The van der Waals surface area contributed by atoms with E-state index in [1.54, 1.807) is 5.06 Å². The highest BCUT2D eigenvalue weighted by atomic mass is 19.4. The number of amides is 1. The number of hydroxylamine groups is 2. The van der Waals surface area contributed by atoms with Crippen LogP contribution in [0.15, 0.2) is 10.5 Å². The minimum absolute atomic E-state index is 0.0816. The van der Waals surface area contributed by atoms with E-state index in [1.165, 1.54) is 5.56 Å². The minimum atomic E-state index is -5.08. The van der Waals surface area contributed by atoms with Crippen molar-refractivity contribution in [2.75, 3.05) is 39.5 Å². The molecule has 1 aromatic rings. The molecule has 1 aromatic heterocycles. The number of carboxylic acid groups (broad SMARTS) is 1. The van der Waals surface area contributed by atoms with Crippen LogP contribution in [0.4, 0.5) is 13.2 Å². The molecule has 0 bridgehead atoms. The number of carbonyl (C=O) groups excluding carboxylic acids is 1. The molecule has 3 aliphatic rings. The Labute approximate surface area is 184 Å². The largest absolute Gasteiger partial charge is 0.490 e. The van der Waals surface area contributed by atoms with Gasteiger partial charge in [0.05, 0.1) is 32.3 Å². The topological polar surface area (TPSA) is 92.5 Å². The third kappa shape index (κ3) is 6.02. The molecular weight excluding hydrogens is 433 g/mol. The van der Waals surface area contributed by atoms with Crippen molar-refractivity contribution in [1.82, 2.24) is 9.96 Å². The van der Waals surface area contributed by atoms with E-state index in [4.69, 9.17) is 23.9 Å². The number of ether oxygens (including phenoxy) is 1. The van der Waals surface area contributed by atoms with E-state index in [1.807, 2.05) is 6.92 Å². The van der Waals surface area contributed by atoms with E-state index in [0.29, 0.717) is 31.6 Å². The lowest BCUT2D eigenvalue weighted by atomic mass is 9.82. The Morgan fingerprint density at radius 3 is 2.47 bits per heavy atom. The third-order valence-corrected chi connectivity index (χ3v) is 6.12. The molecule has 1 N–H and O–H groups in total. The van der Waals surface area contributed by atoms with Gasteiger partial charge in [-0.05, 0) is 50.2 Å². The summed E-state index contributed by atoms with van der Waals surface area (Å²) in [7, 11) is 0. The van der Waals surface area contributed by atoms with Crippen molar-refractivity contribution in [2.24, 2.45) is 17.8 Å². The number of aliphatic carboxylic acids is 1. The Hall–Kier alpha value is -2.11. The maximum atomic E-state index is 12.9. The van der Waals surface area contributed by atoms with Crippen molar-refractivity contribution >= 4 is 11.9 Å². The van der Waals surface area contributed by atoms with Gasteiger partial charge in [-0.25, -0.2) is 9.86 Å². The fourth-order valence-electron chi connectivity index (χ4n) is 4.38. The molecule has 0 radical (unpaired) electrons. The number of nitrogens with zero attached hydrogens (tertiary/aromatic N) is 2. The lowest BCUT2D eigenvalue weighted by Gasteiger charge is -2.36. The van der Waals surface area contributed by atoms with E-state index in [-0.39, 0.29) is 11.8 Å². The second-order valence-electron chi connectivity index (χ2n) is 8.50. The van der Waals surface area contributed by atoms with Crippen LogP contribution < -0.4 is 0 Å². The predicted octanol–water partition coefficient (Wildman–Crippen LogP) is 2.78. The van der Waals surface area contributed by atoms with Gasteiger partial charge in [0.25, 0.3) is 5.91 Å². The number of likely N-dealkylation sites (tertiary alicyclic amines) is 1. The zero-order valence-corrected chi connectivity index (χ0v) is 18.2. The number of hydrogen-bond acceptors (Lipinski definition) is 6. The maximum absolute atomic E-state index is 12.9. The smallest absolute Gasteiger partial charge is 0.475 e. The summed E-state index contributed by atoms with van der Waals surface area (Å²) in [5, 5.41) is 8.71. The SMILES string of the molecule is Cc1cc(CN2C[C@@H]3COC[C@H](C(=O)N4CCCCO4)[C@@H]3C2)oc1C.O=C(O)C(F)(F)F. The Morgan fingerprint density at radius 2 is 1.91 bits per heavy atom. The number of fused-ring (bicyclic) bond motifs is 1. The van der Waals surface area contributed by atoms with E-state index in [2.05, 4.69) is 17.9 Å². The van der Waals surface area contributed by atoms with Gasteiger partial charge in [-0.2, -0.15) is 13.2 Å². The summed E-state index contributed by atoms with van der Waals surface area (Å²) < 4.78 is 43.3. The zero-order valence-electron chi connectivity index (χ0n) is 18.2. The fraction of sp³-hybridized carbons (Fsp3) is 0.714. The molecule has 1 amide bonds. The summed E-state index contributed by atoms with van der Waals surface area (Å²) in [4.78, 5) is 29.8. The Balaban J connectivity index is 0.000000360. The molecule has 0 saturated carbocycles. The van der Waals surface area contributed by atoms with Crippen LogP contribution in [-0.4, -0.2) is 72.6 Å². The molecule has 0 unspecified atom stereocenters. The molecule has 32 heavy (non-hydrogen) atoms. The molecular formula is C21H29F3N2O6. The first kappa shape index (κ1) is 24.5. The first-order chi connectivity index (χ1) is 15.1. The highest BCUT2D eigenvalue weighted by Crippen LogP contribution is 2.36. The van der Waals surface area contributed by atoms with E-state index >= 15 is 0 Å². The lowest BCUT2D eigenvalue weighted by Crippen LogP contribution is -2.47. The normalized spacial score (nSPS) is 26.3. The number of carbonyl (C=O) groups is 2. The standard InChI is InChI=1S/C19H28N2O4.C2HF3O2/c1-13-7-16(25-14(13)2)9-20-8-15-11-23-12-18(17(15)10-20)19(22)21-5-3-4-6-24-21;3-2(4,5)1(6)7/h7,15,17-18H,3-6,8-12H2,1-2H3;(H,6,7)/t15-,17-,18+;/m1./s1. The number of halogens is 3. The molecule has 3 atom stereocenters. The minimum Gasteiger partial charge on any atom is -0.475 e. The molecule has 3 fully saturated rings. The number of alkyl halides is 3. The van der Waals surface area contributed by atoms with Gasteiger partial charge in [0.2, 0.25) is 0 Å². The summed E-state index contributed by atoms with van der Waals surface area (Å²) in [5.41, 5.74) is 1.20. The molecule has 11 heteroatoms. The second-order valence-corrected chi connectivity index (χ2v) is 8.50. The highest BCUT2D eigenvalue weighted by molar-refractivity contribution is 5.78. The Kier molecular flexibility index (Phi) is 7.84. The average Bonchev–Trinajstić information content (AvgIpc) is 3.29. The van der Waals surface area contributed by atoms with Gasteiger partial charge in [0.15, 0.2) is 0 Å². The summed E-state index contributed by atoms with van der Waals surface area (Å²) in [5.74, 6) is 0.0472. The van der Waals surface area contributed by atoms with Crippen LogP contribution in [0.3, 0.4) is 0 Å². The van der Waals surface area contributed by atoms with Gasteiger partial charge in [-0.15, -0.1) is 0 Å². The average molecular weight is 462 g/mol. The van der Waals surface area contributed by atoms with Crippen LogP contribution in [0.5, 0.6) is 0 Å². The number of aryl methyl sites for hydroxylation is 2. The van der Waals surface area contributed by atoms with Crippen molar-refractivity contribution < 1.29 is 41.9 Å². The van der Waals surface area contributed by atoms with Gasteiger partial charge in [-0.3, -0.25) is 14.5 Å². The molecule has 3 saturated heterocycles. The van der Waals surface area contributed by atoms with E-state index < -0.39 is 12.1 Å². The van der Waals surface area contributed by atoms with Crippen molar-refractivity contribution in [2.45, 2.75) is 39.4 Å². The van der Waals surface area contributed by atoms with Crippen LogP contribution in [0.1, 0.15) is 29.9 Å². The fourth-order valence-corrected chi connectivity index (χ4v) is 4.38. The Morgan fingerprint density at radius 1 is 1.19 bits per heavy atom. The summed E-state index contributed by atoms with van der Waals surface area (Å²) in [6.45, 7) is 9.41. The van der Waals surface area contributed by atoms with Gasteiger partial charge < -0.3 is 14.3 Å². The first-order valence-corrected chi connectivity index (χ1v) is 10.7. The molecule has 180 valence electrons. The third-order valence-electron chi connectivity index (χ3n) is 6.12. The second kappa shape index (κ2) is 10.2. The van der Waals surface area contributed by atoms with E-state index in [9.17, 15) is 18.0 Å². The quantitative estimate of drug-likeness (QED) is 0.739. The number of furan rings is 1. The molecule has 0 aromatic carbocycles.